The van der Waals surface area contributed by atoms with Gasteiger partial charge in [0.05, 0.1) is 22.4 Å². The first kappa shape index (κ1) is 12.2. The highest BCUT2D eigenvalue weighted by atomic mass is 32.2. The predicted octanol–water partition coefficient (Wildman–Crippen LogP) is 1.90. The number of hydrogen-bond acceptors (Lipinski definition) is 6. The number of nitrogens with zero attached hydrogens (tertiary/aromatic N) is 2. The van der Waals surface area contributed by atoms with E-state index in [2.05, 4.69) is 4.98 Å². The molecule has 0 aliphatic heterocycles. The molecule has 0 aliphatic rings. The Hall–Kier alpha value is -2.26. The van der Waals surface area contributed by atoms with Crippen molar-refractivity contribution in [1.82, 2.24) is 4.98 Å². The molecule has 6 heteroatoms. The molecule has 0 fully saturated rings. The summed E-state index contributed by atoms with van der Waals surface area (Å²) in [6.45, 7) is 0. The van der Waals surface area contributed by atoms with Crippen LogP contribution in [0.5, 0.6) is 5.75 Å². The molecule has 2 rings (SSSR count). The van der Waals surface area contributed by atoms with Gasteiger partial charge in [0, 0.05) is 12.3 Å². The van der Waals surface area contributed by atoms with E-state index in [4.69, 9.17) is 14.8 Å². The molecule has 0 atom stereocenters. The molecule has 2 aromatic rings. The van der Waals surface area contributed by atoms with Crippen LogP contribution in [-0.2, 0) is 5.75 Å². The van der Waals surface area contributed by atoms with E-state index in [9.17, 15) is 4.79 Å². The van der Waals surface area contributed by atoms with Gasteiger partial charge in [0.25, 0.3) is 0 Å². The second kappa shape index (κ2) is 5.38. The molecule has 0 unspecified atom stereocenters. The lowest BCUT2D eigenvalue weighted by Crippen LogP contribution is -1.99. The van der Waals surface area contributed by atoms with Crippen LogP contribution >= 0.6 is 11.8 Å². The molecular formula is C12H8N2O3S. The van der Waals surface area contributed by atoms with Gasteiger partial charge in [0.1, 0.15) is 12.0 Å². The van der Waals surface area contributed by atoms with E-state index in [-0.39, 0.29) is 0 Å². The highest BCUT2D eigenvalue weighted by Crippen LogP contribution is 2.21. The molecule has 90 valence electrons. The number of pyridine rings is 1. The number of hydrogen-bond donors (Lipinski definition) is 1. The number of aromatic hydroxyl groups is 1. The largest absolute Gasteiger partial charge is 0.502 e. The lowest BCUT2D eigenvalue weighted by atomic mass is 10.3. The molecule has 0 bridgehead atoms. The van der Waals surface area contributed by atoms with Crippen LogP contribution in [0.25, 0.3) is 0 Å². The molecule has 0 aromatic carbocycles. The van der Waals surface area contributed by atoms with Crippen LogP contribution in [-0.4, -0.2) is 10.1 Å². The fourth-order valence-corrected chi connectivity index (χ4v) is 2.01. The van der Waals surface area contributed by atoms with E-state index in [0.29, 0.717) is 22.1 Å². The summed E-state index contributed by atoms with van der Waals surface area (Å²) in [5, 5.41) is 18.4. The Kier molecular flexibility index (Phi) is 3.65. The summed E-state index contributed by atoms with van der Waals surface area (Å²) in [6.07, 6.45) is 2.56. The van der Waals surface area contributed by atoms with E-state index in [1.54, 1.807) is 18.3 Å². The summed E-state index contributed by atoms with van der Waals surface area (Å²) < 4.78 is 5.05. The van der Waals surface area contributed by atoms with Gasteiger partial charge in [-0.2, -0.15) is 5.26 Å². The van der Waals surface area contributed by atoms with Crippen molar-refractivity contribution in [2.75, 3.05) is 0 Å². The van der Waals surface area contributed by atoms with Crippen LogP contribution in [0.1, 0.15) is 11.3 Å². The Morgan fingerprint density at radius 1 is 1.50 bits per heavy atom. The van der Waals surface area contributed by atoms with E-state index >= 15 is 0 Å². The minimum atomic E-state index is -0.476. The number of aromatic nitrogens is 1. The molecule has 5 nitrogen and oxygen atoms in total. The van der Waals surface area contributed by atoms with Gasteiger partial charge in [-0.05, 0) is 12.1 Å². The van der Waals surface area contributed by atoms with E-state index < -0.39 is 11.2 Å². The zero-order valence-electron chi connectivity index (χ0n) is 9.16. The van der Waals surface area contributed by atoms with Gasteiger partial charge in [-0.3, -0.25) is 4.79 Å². The van der Waals surface area contributed by atoms with Crippen molar-refractivity contribution in [3.63, 3.8) is 0 Å². The zero-order chi connectivity index (χ0) is 13.0. The molecule has 18 heavy (non-hydrogen) atoms. The summed E-state index contributed by atoms with van der Waals surface area (Å²) in [5.41, 5.74) is 0.0512. The number of rotatable bonds is 3. The Morgan fingerprint density at radius 3 is 3.06 bits per heavy atom. The number of nitriles is 1. The van der Waals surface area contributed by atoms with Gasteiger partial charge >= 0.3 is 0 Å². The van der Waals surface area contributed by atoms with Crippen molar-refractivity contribution in [3.8, 4) is 11.8 Å². The molecule has 0 saturated carbocycles. The first-order chi connectivity index (χ1) is 8.69. The second-order valence-electron chi connectivity index (χ2n) is 3.38. The smallest absolute Gasteiger partial charge is 0.226 e. The van der Waals surface area contributed by atoms with E-state index in [0.717, 1.165) is 6.26 Å². The van der Waals surface area contributed by atoms with Gasteiger partial charge in [-0.15, -0.1) is 0 Å². The molecule has 0 spiro atoms. The second-order valence-corrected chi connectivity index (χ2v) is 4.37. The molecular weight excluding hydrogens is 252 g/mol. The third-order valence-electron chi connectivity index (χ3n) is 2.09. The van der Waals surface area contributed by atoms with Gasteiger partial charge in [-0.1, -0.05) is 11.8 Å². The Labute approximate surface area is 107 Å². The maximum absolute atomic E-state index is 11.2. The maximum atomic E-state index is 11.2. The summed E-state index contributed by atoms with van der Waals surface area (Å²) in [6, 6.07) is 6.53. The monoisotopic (exact) mass is 260 g/mol. The van der Waals surface area contributed by atoms with Gasteiger partial charge < -0.3 is 9.52 Å². The van der Waals surface area contributed by atoms with Crippen molar-refractivity contribution in [3.05, 3.63) is 52.2 Å². The zero-order valence-corrected chi connectivity index (χ0v) is 9.98. The van der Waals surface area contributed by atoms with E-state index in [1.807, 2.05) is 6.07 Å². The predicted molar refractivity (Wildman–Crippen MR) is 65.2 cm³/mol. The highest BCUT2D eigenvalue weighted by Gasteiger charge is 2.04. The van der Waals surface area contributed by atoms with Gasteiger partial charge in [0.15, 0.2) is 5.75 Å². The Balaban J connectivity index is 2.09. The standard InChI is InChI=1S/C12H8N2O3S/c13-5-8-1-2-14-12(3-8)18-7-9-4-10(15)11(16)6-17-9/h1-4,6,16H,7H2. The lowest BCUT2D eigenvalue weighted by molar-refractivity contribution is 0.419. The fraction of sp³-hybridized carbons (Fsp3) is 0.0833. The summed E-state index contributed by atoms with van der Waals surface area (Å²) in [5.74, 6) is 0.428. The van der Waals surface area contributed by atoms with E-state index in [1.165, 1.54) is 17.8 Å². The van der Waals surface area contributed by atoms with Crippen LogP contribution in [0.3, 0.4) is 0 Å². The SMILES string of the molecule is N#Cc1ccnc(SCc2cc(=O)c(O)co2)c1. The molecule has 1 N–H and O–H groups in total. The summed E-state index contributed by atoms with van der Waals surface area (Å²) in [7, 11) is 0. The fourth-order valence-electron chi connectivity index (χ4n) is 1.22. The average Bonchev–Trinajstić information content (AvgIpc) is 2.40. The van der Waals surface area contributed by atoms with Gasteiger partial charge in [0.2, 0.25) is 5.43 Å². The minimum absolute atomic E-state index is 0.400. The third kappa shape index (κ3) is 2.90. The third-order valence-corrected chi connectivity index (χ3v) is 3.04. The molecule has 0 amide bonds. The molecule has 0 radical (unpaired) electrons. The first-order valence-electron chi connectivity index (χ1n) is 4.98. The lowest BCUT2D eigenvalue weighted by Gasteiger charge is -2.00. The summed E-state index contributed by atoms with van der Waals surface area (Å²) in [4.78, 5) is 15.3. The van der Waals surface area contributed by atoms with Gasteiger partial charge in [-0.25, -0.2) is 4.98 Å². The van der Waals surface area contributed by atoms with Crippen molar-refractivity contribution in [2.24, 2.45) is 0 Å². The Bertz CT molecular complexity index is 661. The van der Waals surface area contributed by atoms with Crippen LogP contribution in [0.4, 0.5) is 0 Å². The van der Waals surface area contributed by atoms with Crippen LogP contribution < -0.4 is 5.43 Å². The van der Waals surface area contributed by atoms with Crippen molar-refractivity contribution < 1.29 is 9.52 Å². The quantitative estimate of drug-likeness (QED) is 0.848. The van der Waals surface area contributed by atoms with Crippen LogP contribution in [0.2, 0.25) is 0 Å². The van der Waals surface area contributed by atoms with Crippen LogP contribution in [0, 0.1) is 11.3 Å². The highest BCUT2D eigenvalue weighted by molar-refractivity contribution is 7.98. The molecule has 2 heterocycles. The molecule has 0 saturated heterocycles. The summed E-state index contributed by atoms with van der Waals surface area (Å²) >= 11 is 1.34. The van der Waals surface area contributed by atoms with Crippen molar-refractivity contribution in [2.45, 2.75) is 10.8 Å². The minimum Gasteiger partial charge on any atom is -0.502 e. The van der Waals surface area contributed by atoms with Crippen molar-refractivity contribution in [1.29, 1.82) is 5.26 Å². The number of thioether (sulfide) groups is 1. The average molecular weight is 260 g/mol. The normalized spacial score (nSPS) is 9.94. The maximum Gasteiger partial charge on any atom is 0.226 e. The first-order valence-corrected chi connectivity index (χ1v) is 5.97. The molecule has 0 aliphatic carbocycles. The topological polar surface area (TPSA) is 87.1 Å². The Morgan fingerprint density at radius 2 is 2.33 bits per heavy atom. The van der Waals surface area contributed by atoms with Crippen molar-refractivity contribution >= 4 is 11.8 Å². The molecule has 2 aromatic heterocycles. The van der Waals surface area contributed by atoms with Crippen LogP contribution in [0.15, 0.2) is 44.9 Å².